The third-order valence-electron chi connectivity index (χ3n) is 4.14. The molecule has 0 aromatic heterocycles. The molecule has 0 unspecified atom stereocenters. The number of amides is 1. The van der Waals surface area contributed by atoms with Crippen LogP contribution in [0.3, 0.4) is 0 Å². The summed E-state index contributed by atoms with van der Waals surface area (Å²) in [6.45, 7) is 2.81. The second-order valence-electron chi connectivity index (χ2n) is 5.99. The first-order chi connectivity index (χ1) is 13.4. The highest BCUT2D eigenvalue weighted by Gasteiger charge is 2.29. The molecule has 1 aliphatic rings. The van der Waals surface area contributed by atoms with Gasteiger partial charge in [0.2, 0.25) is 0 Å². The predicted octanol–water partition coefficient (Wildman–Crippen LogP) is 4.88. The maximum absolute atomic E-state index is 12.4. The molecule has 1 amide bonds. The molecule has 28 heavy (non-hydrogen) atoms. The molecule has 0 bridgehead atoms. The number of methoxy groups -OCH3 is 1. The summed E-state index contributed by atoms with van der Waals surface area (Å²) in [5.74, 6) is 1.03. The van der Waals surface area contributed by atoms with Crippen molar-refractivity contribution in [3.63, 3.8) is 0 Å². The average molecular weight is 526 g/mol. The molecular weight excluding hydrogens is 508 g/mol. The van der Waals surface area contributed by atoms with Gasteiger partial charge < -0.3 is 14.8 Å². The Morgan fingerprint density at radius 3 is 2.54 bits per heavy atom. The van der Waals surface area contributed by atoms with Crippen LogP contribution in [0, 0.1) is 0 Å². The van der Waals surface area contributed by atoms with Crippen LogP contribution in [0.2, 0.25) is 0 Å². The van der Waals surface area contributed by atoms with Crippen LogP contribution in [0.1, 0.15) is 18.1 Å². The Kier molecular flexibility index (Phi) is 6.74. The summed E-state index contributed by atoms with van der Waals surface area (Å²) >= 11 is 12.2. The van der Waals surface area contributed by atoms with Gasteiger partial charge in [0.1, 0.15) is 12.3 Å². The molecular formula is C20H18Br2N2O3S. The monoisotopic (exact) mass is 524 g/mol. The number of likely N-dealkylation sites (N-methyl/N-ethyl adjacent to an activating group) is 1. The van der Waals surface area contributed by atoms with Gasteiger partial charge in [-0.2, -0.15) is 0 Å². The number of nitrogens with one attached hydrogen (secondary N) is 1. The molecule has 8 heteroatoms. The molecule has 2 aromatic rings. The lowest BCUT2D eigenvalue weighted by Gasteiger charge is -2.14. The minimum absolute atomic E-state index is 0.141. The van der Waals surface area contributed by atoms with Crippen LogP contribution in [-0.2, 0) is 11.4 Å². The van der Waals surface area contributed by atoms with Crippen LogP contribution >= 0.6 is 44.1 Å². The highest BCUT2D eigenvalue weighted by Crippen LogP contribution is 2.38. The smallest absolute Gasteiger partial charge is 0.276 e. The molecule has 3 rings (SSSR count). The van der Waals surface area contributed by atoms with E-state index in [1.165, 1.54) is 4.90 Å². The largest absolute Gasteiger partial charge is 0.493 e. The van der Waals surface area contributed by atoms with E-state index < -0.39 is 0 Å². The van der Waals surface area contributed by atoms with Crippen LogP contribution < -0.4 is 14.8 Å². The summed E-state index contributed by atoms with van der Waals surface area (Å²) in [7, 11) is 1.58. The first kappa shape index (κ1) is 20.8. The van der Waals surface area contributed by atoms with Gasteiger partial charge in [-0.1, -0.05) is 28.1 Å². The van der Waals surface area contributed by atoms with Crippen LogP contribution in [-0.4, -0.2) is 29.6 Å². The predicted molar refractivity (Wildman–Crippen MR) is 120 cm³/mol. The Morgan fingerprint density at radius 2 is 1.93 bits per heavy atom. The molecule has 0 aliphatic carbocycles. The number of thiocarbonyl (C=S) groups is 1. The van der Waals surface area contributed by atoms with E-state index in [1.54, 1.807) is 13.2 Å². The average Bonchev–Trinajstić information content (AvgIpc) is 2.94. The van der Waals surface area contributed by atoms with Crippen LogP contribution in [0.15, 0.2) is 51.0 Å². The van der Waals surface area contributed by atoms with Gasteiger partial charge in [-0.15, -0.1) is 0 Å². The molecule has 0 radical (unpaired) electrons. The zero-order valence-corrected chi connectivity index (χ0v) is 19.3. The van der Waals surface area contributed by atoms with Gasteiger partial charge in [0.15, 0.2) is 16.6 Å². The molecule has 1 fully saturated rings. The normalized spacial score (nSPS) is 15.1. The molecule has 1 aliphatic heterocycles. The molecule has 5 nitrogen and oxygen atoms in total. The SMILES string of the molecule is CCN1C(=O)/C(=C/c2cc(Br)c(OCc3ccc(Br)cc3)c(OC)c2)NC1=S. The third kappa shape index (κ3) is 4.56. The molecule has 1 saturated heterocycles. The highest BCUT2D eigenvalue weighted by atomic mass is 79.9. The Balaban J connectivity index is 1.83. The van der Waals surface area contributed by atoms with Crippen molar-refractivity contribution in [2.75, 3.05) is 13.7 Å². The van der Waals surface area contributed by atoms with Crippen molar-refractivity contribution in [3.8, 4) is 11.5 Å². The Labute approximate surface area is 186 Å². The van der Waals surface area contributed by atoms with Crippen LogP contribution in [0.25, 0.3) is 6.08 Å². The zero-order chi connectivity index (χ0) is 20.3. The summed E-state index contributed by atoms with van der Waals surface area (Å²) < 4.78 is 13.2. The summed E-state index contributed by atoms with van der Waals surface area (Å²) in [6.07, 6.45) is 1.75. The van der Waals surface area contributed by atoms with Crippen molar-refractivity contribution in [1.29, 1.82) is 0 Å². The summed E-state index contributed by atoms with van der Waals surface area (Å²) in [5, 5.41) is 3.37. The van der Waals surface area contributed by atoms with Gasteiger partial charge in [0, 0.05) is 11.0 Å². The number of hydrogen-bond donors (Lipinski definition) is 1. The van der Waals surface area contributed by atoms with E-state index >= 15 is 0 Å². The third-order valence-corrected chi connectivity index (χ3v) is 5.58. The van der Waals surface area contributed by atoms with Crippen molar-refractivity contribution in [3.05, 3.63) is 62.2 Å². The number of rotatable bonds is 6. The van der Waals surface area contributed by atoms with Gasteiger partial charge in [0.05, 0.1) is 11.6 Å². The first-order valence-corrected chi connectivity index (χ1v) is 10.5. The summed E-state index contributed by atoms with van der Waals surface area (Å²) in [4.78, 5) is 13.9. The van der Waals surface area contributed by atoms with Gasteiger partial charge in [-0.3, -0.25) is 9.69 Å². The number of nitrogens with zero attached hydrogens (tertiary/aromatic N) is 1. The molecule has 1 heterocycles. The second-order valence-corrected chi connectivity index (χ2v) is 8.14. The maximum atomic E-state index is 12.4. The van der Waals surface area contributed by atoms with Crippen LogP contribution in [0.4, 0.5) is 0 Å². The standard InChI is InChI=1S/C20H18Br2N2O3S/c1-3-24-19(25)16(23-20(24)28)9-13-8-15(22)18(17(10-13)26-2)27-11-12-4-6-14(21)7-5-12/h4-10H,3,11H2,1-2H3,(H,23,28)/b16-9-. The van der Waals surface area contributed by atoms with Gasteiger partial charge in [-0.25, -0.2) is 0 Å². The first-order valence-electron chi connectivity index (χ1n) is 8.52. The quantitative estimate of drug-likeness (QED) is 0.430. The van der Waals surface area contributed by atoms with Crippen molar-refractivity contribution >= 4 is 61.2 Å². The molecule has 2 aromatic carbocycles. The van der Waals surface area contributed by atoms with E-state index in [-0.39, 0.29) is 5.91 Å². The summed E-state index contributed by atoms with van der Waals surface area (Å²) in [6, 6.07) is 11.6. The minimum Gasteiger partial charge on any atom is -0.493 e. The zero-order valence-electron chi connectivity index (χ0n) is 15.3. The fourth-order valence-corrected chi connectivity index (χ4v) is 3.89. The lowest BCUT2D eigenvalue weighted by atomic mass is 10.1. The Bertz CT molecular complexity index is 945. The van der Waals surface area contributed by atoms with E-state index in [9.17, 15) is 4.79 Å². The summed E-state index contributed by atoms with van der Waals surface area (Å²) in [5.41, 5.74) is 2.26. The molecule has 1 N–H and O–H groups in total. The molecule has 0 saturated carbocycles. The second kappa shape index (κ2) is 9.07. The molecule has 146 valence electrons. The highest BCUT2D eigenvalue weighted by molar-refractivity contribution is 9.10. The number of carbonyl (C=O) groups is 1. The van der Waals surface area contributed by atoms with Crippen molar-refractivity contribution in [1.82, 2.24) is 10.2 Å². The topological polar surface area (TPSA) is 50.8 Å². The maximum Gasteiger partial charge on any atom is 0.276 e. The van der Waals surface area contributed by atoms with E-state index in [2.05, 4.69) is 37.2 Å². The van der Waals surface area contributed by atoms with E-state index in [4.69, 9.17) is 21.7 Å². The fraction of sp³-hybridized carbons (Fsp3) is 0.200. The minimum atomic E-state index is -0.141. The Morgan fingerprint density at radius 1 is 1.21 bits per heavy atom. The van der Waals surface area contributed by atoms with Crippen molar-refractivity contribution in [2.24, 2.45) is 0 Å². The van der Waals surface area contributed by atoms with Crippen molar-refractivity contribution < 1.29 is 14.3 Å². The molecule has 0 spiro atoms. The van der Waals surface area contributed by atoms with Crippen LogP contribution in [0.5, 0.6) is 11.5 Å². The number of ether oxygens (including phenoxy) is 2. The number of carbonyl (C=O) groups excluding carboxylic acids is 1. The molecule has 0 atom stereocenters. The van der Waals surface area contributed by atoms with Crippen molar-refractivity contribution in [2.45, 2.75) is 13.5 Å². The Hall–Kier alpha value is -1.90. The number of halogens is 2. The fourth-order valence-electron chi connectivity index (χ4n) is 2.72. The van der Waals surface area contributed by atoms with Gasteiger partial charge >= 0.3 is 0 Å². The van der Waals surface area contributed by atoms with E-state index in [0.29, 0.717) is 35.5 Å². The lowest BCUT2D eigenvalue weighted by molar-refractivity contribution is -0.122. The van der Waals surface area contributed by atoms with E-state index in [0.717, 1.165) is 20.1 Å². The number of benzene rings is 2. The lowest BCUT2D eigenvalue weighted by Crippen LogP contribution is -2.30. The van der Waals surface area contributed by atoms with Gasteiger partial charge in [-0.05, 0) is 76.5 Å². The van der Waals surface area contributed by atoms with E-state index in [1.807, 2.05) is 43.3 Å². The van der Waals surface area contributed by atoms with Gasteiger partial charge in [0.25, 0.3) is 5.91 Å². The number of hydrogen-bond acceptors (Lipinski definition) is 4.